The first-order chi connectivity index (χ1) is 10.4. The molecule has 0 spiro atoms. The predicted molar refractivity (Wildman–Crippen MR) is 81.3 cm³/mol. The Morgan fingerprint density at radius 1 is 1.36 bits per heavy atom. The van der Waals surface area contributed by atoms with Gasteiger partial charge in [-0.15, -0.1) is 0 Å². The summed E-state index contributed by atoms with van der Waals surface area (Å²) in [6, 6.07) is 9.43. The Bertz CT molecular complexity index is 530. The molecule has 1 fully saturated rings. The summed E-state index contributed by atoms with van der Waals surface area (Å²) in [5.41, 5.74) is 4.60. The molecule has 0 aromatic heterocycles. The zero-order chi connectivity index (χ0) is 16.2. The molecule has 1 heterocycles. The molecule has 0 bridgehead atoms. The van der Waals surface area contributed by atoms with E-state index in [2.05, 4.69) is 0 Å². The zero-order valence-corrected chi connectivity index (χ0v) is 13.0. The van der Waals surface area contributed by atoms with E-state index in [9.17, 15) is 9.59 Å². The van der Waals surface area contributed by atoms with E-state index >= 15 is 0 Å². The van der Waals surface area contributed by atoms with Gasteiger partial charge in [-0.1, -0.05) is 18.2 Å². The minimum absolute atomic E-state index is 0.249. The van der Waals surface area contributed by atoms with Gasteiger partial charge in [-0.2, -0.15) is 0 Å². The number of morpholine rings is 1. The Kier molecular flexibility index (Phi) is 5.03. The van der Waals surface area contributed by atoms with Crippen LogP contribution in [-0.2, 0) is 14.3 Å². The van der Waals surface area contributed by atoms with Crippen LogP contribution in [0.5, 0.6) is 5.75 Å². The number of nitrogens with zero attached hydrogens (tertiary/aromatic N) is 1. The molecule has 1 aromatic rings. The molecule has 1 aliphatic rings. The second-order valence-electron chi connectivity index (χ2n) is 6.04. The number of carbonyl (C=O) groups is 2. The van der Waals surface area contributed by atoms with Crippen molar-refractivity contribution < 1.29 is 19.1 Å². The maximum absolute atomic E-state index is 12.0. The summed E-state index contributed by atoms with van der Waals surface area (Å²) < 4.78 is 11.6. The largest absolute Gasteiger partial charge is 0.491 e. The van der Waals surface area contributed by atoms with E-state index in [0.717, 1.165) is 5.75 Å². The topological polar surface area (TPSA) is 81.9 Å². The van der Waals surface area contributed by atoms with Crippen LogP contribution in [0.25, 0.3) is 0 Å². The minimum atomic E-state index is -0.619. The number of rotatable bonds is 5. The molecule has 22 heavy (non-hydrogen) atoms. The number of hydrogen-bond donors (Lipinski definition) is 1. The first-order valence-electron chi connectivity index (χ1n) is 7.27. The van der Waals surface area contributed by atoms with Crippen molar-refractivity contribution in [2.24, 2.45) is 5.73 Å². The van der Waals surface area contributed by atoms with Crippen LogP contribution >= 0.6 is 0 Å². The molecule has 0 unspecified atom stereocenters. The van der Waals surface area contributed by atoms with Crippen LogP contribution in [0.4, 0.5) is 0 Å². The summed E-state index contributed by atoms with van der Waals surface area (Å²) in [5, 5.41) is 0. The first kappa shape index (κ1) is 16.3. The van der Waals surface area contributed by atoms with Crippen LogP contribution in [0.15, 0.2) is 30.3 Å². The lowest BCUT2D eigenvalue weighted by Crippen LogP contribution is -2.56. The highest BCUT2D eigenvalue weighted by Gasteiger charge is 2.36. The highest BCUT2D eigenvalue weighted by atomic mass is 16.5. The third kappa shape index (κ3) is 4.73. The average molecular weight is 306 g/mol. The summed E-state index contributed by atoms with van der Waals surface area (Å²) >= 11 is 0. The molecule has 0 radical (unpaired) electrons. The van der Waals surface area contributed by atoms with Gasteiger partial charge < -0.3 is 20.1 Å². The smallest absolute Gasteiger partial charge is 0.232 e. The molecule has 1 aliphatic heterocycles. The molecule has 2 amide bonds. The molecule has 1 aromatic carbocycles. The molecule has 0 saturated carbocycles. The molecule has 2 N–H and O–H groups in total. The molecule has 0 aliphatic carbocycles. The molecule has 1 atom stereocenters. The van der Waals surface area contributed by atoms with Crippen molar-refractivity contribution >= 4 is 11.8 Å². The van der Waals surface area contributed by atoms with Gasteiger partial charge in [0, 0.05) is 6.54 Å². The van der Waals surface area contributed by atoms with Gasteiger partial charge >= 0.3 is 0 Å². The monoisotopic (exact) mass is 306 g/mol. The predicted octanol–water partition coefficient (Wildman–Crippen LogP) is 0.947. The van der Waals surface area contributed by atoms with Crippen molar-refractivity contribution in [2.45, 2.75) is 32.0 Å². The molecule has 1 saturated heterocycles. The summed E-state index contributed by atoms with van der Waals surface area (Å²) in [4.78, 5) is 24.6. The van der Waals surface area contributed by atoms with Gasteiger partial charge in [0.15, 0.2) is 0 Å². The lowest BCUT2D eigenvalue weighted by molar-refractivity contribution is -0.166. The lowest BCUT2D eigenvalue weighted by atomic mass is 10.0. The van der Waals surface area contributed by atoms with Gasteiger partial charge in [0.05, 0.1) is 12.1 Å². The van der Waals surface area contributed by atoms with E-state index in [4.69, 9.17) is 15.2 Å². The number of nitrogens with two attached hydrogens (primary N) is 1. The minimum Gasteiger partial charge on any atom is -0.491 e. The van der Waals surface area contributed by atoms with Crippen molar-refractivity contribution in [3.05, 3.63) is 30.3 Å². The Morgan fingerprint density at radius 3 is 2.68 bits per heavy atom. The van der Waals surface area contributed by atoms with E-state index in [1.54, 1.807) is 4.90 Å². The van der Waals surface area contributed by atoms with E-state index in [1.165, 1.54) is 0 Å². The lowest BCUT2D eigenvalue weighted by Gasteiger charge is -2.42. The Morgan fingerprint density at radius 2 is 2.05 bits per heavy atom. The fourth-order valence-electron chi connectivity index (χ4n) is 2.54. The second-order valence-corrected chi connectivity index (χ2v) is 6.04. The third-order valence-corrected chi connectivity index (χ3v) is 3.34. The third-order valence-electron chi connectivity index (χ3n) is 3.34. The van der Waals surface area contributed by atoms with E-state index in [-0.39, 0.29) is 18.4 Å². The maximum atomic E-state index is 12.0. The normalized spacial score (nSPS) is 20.5. The molecular formula is C16H22N2O4. The van der Waals surface area contributed by atoms with E-state index in [0.29, 0.717) is 19.7 Å². The number of benzene rings is 1. The van der Waals surface area contributed by atoms with Gasteiger partial charge in [0.25, 0.3) is 0 Å². The van der Waals surface area contributed by atoms with Crippen molar-refractivity contribution in [3.63, 3.8) is 0 Å². The SMILES string of the molecule is CC1(C)CN(C(=O)CC(N)=O)C[C@@H](COc2ccccc2)O1. The number of ether oxygens (including phenoxy) is 2. The summed E-state index contributed by atoms with van der Waals surface area (Å²) in [7, 11) is 0. The molecular weight excluding hydrogens is 284 g/mol. The highest BCUT2D eigenvalue weighted by molar-refractivity contribution is 5.96. The first-order valence-corrected chi connectivity index (χ1v) is 7.27. The van der Waals surface area contributed by atoms with Crippen LogP contribution in [0.3, 0.4) is 0 Å². The van der Waals surface area contributed by atoms with E-state index < -0.39 is 11.5 Å². The summed E-state index contributed by atoms with van der Waals surface area (Å²) in [5.74, 6) is -0.135. The number of amides is 2. The van der Waals surface area contributed by atoms with Crippen molar-refractivity contribution in [3.8, 4) is 5.75 Å². The molecule has 2 rings (SSSR count). The van der Waals surface area contributed by atoms with Gasteiger partial charge in [0.2, 0.25) is 11.8 Å². The molecule has 6 heteroatoms. The van der Waals surface area contributed by atoms with Gasteiger partial charge in [0.1, 0.15) is 24.9 Å². The van der Waals surface area contributed by atoms with Crippen molar-refractivity contribution in [1.29, 1.82) is 0 Å². The van der Waals surface area contributed by atoms with Crippen molar-refractivity contribution in [1.82, 2.24) is 4.90 Å². The summed E-state index contributed by atoms with van der Waals surface area (Å²) in [6.45, 7) is 4.98. The van der Waals surface area contributed by atoms with Crippen LogP contribution in [-0.4, -0.2) is 48.1 Å². The summed E-state index contributed by atoms with van der Waals surface area (Å²) in [6.07, 6.45) is -0.525. The Labute approximate surface area is 130 Å². The van der Waals surface area contributed by atoms with Gasteiger partial charge in [-0.3, -0.25) is 9.59 Å². The highest BCUT2D eigenvalue weighted by Crippen LogP contribution is 2.22. The average Bonchev–Trinajstić information content (AvgIpc) is 2.44. The number of para-hydroxylation sites is 1. The van der Waals surface area contributed by atoms with E-state index in [1.807, 2.05) is 44.2 Å². The Balaban J connectivity index is 1.96. The van der Waals surface area contributed by atoms with Gasteiger partial charge in [-0.05, 0) is 26.0 Å². The second kappa shape index (κ2) is 6.79. The zero-order valence-electron chi connectivity index (χ0n) is 13.0. The standard InChI is InChI=1S/C16H22N2O4/c1-16(2)11-18(15(20)8-14(17)19)9-13(22-16)10-21-12-6-4-3-5-7-12/h3-7,13H,8-11H2,1-2H3,(H2,17,19)/t13-/m0/s1. The number of hydrogen-bond acceptors (Lipinski definition) is 4. The number of carbonyl (C=O) groups excluding carboxylic acids is 2. The van der Waals surface area contributed by atoms with Crippen molar-refractivity contribution in [2.75, 3.05) is 19.7 Å². The molecule has 6 nitrogen and oxygen atoms in total. The fourth-order valence-corrected chi connectivity index (χ4v) is 2.54. The van der Waals surface area contributed by atoms with Crippen LogP contribution < -0.4 is 10.5 Å². The quantitative estimate of drug-likeness (QED) is 0.821. The Hall–Kier alpha value is -2.08. The molecule has 120 valence electrons. The van der Waals surface area contributed by atoms with Crippen LogP contribution in [0.1, 0.15) is 20.3 Å². The van der Waals surface area contributed by atoms with Gasteiger partial charge in [-0.25, -0.2) is 0 Å². The fraction of sp³-hybridized carbons (Fsp3) is 0.500. The van der Waals surface area contributed by atoms with Crippen LogP contribution in [0.2, 0.25) is 0 Å². The van der Waals surface area contributed by atoms with Crippen LogP contribution in [0, 0.1) is 0 Å². The maximum Gasteiger partial charge on any atom is 0.232 e. The number of primary amides is 1.